The zero-order valence-electron chi connectivity index (χ0n) is 13.1. The Hall–Kier alpha value is -2.15. The lowest BCUT2D eigenvalue weighted by Gasteiger charge is -2.08. The van der Waals surface area contributed by atoms with Crippen LogP contribution in [0.1, 0.15) is 5.56 Å². The fourth-order valence-corrected chi connectivity index (χ4v) is 2.74. The average Bonchev–Trinajstić information content (AvgIpc) is 2.55. The van der Waals surface area contributed by atoms with E-state index in [1.54, 1.807) is 36.4 Å². The predicted molar refractivity (Wildman–Crippen MR) is 99.8 cm³/mol. The van der Waals surface area contributed by atoms with E-state index in [1.165, 1.54) is 7.11 Å². The fraction of sp³-hybridized carbons (Fsp3) is 0.125. The number of methoxy groups -OCH3 is 1. The van der Waals surface area contributed by atoms with Crippen LogP contribution < -0.4 is 15.8 Å². The maximum atomic E-state index is 11.9. The monoisotopic (exact) mass is 401 g/mol. The van der Waals surface area contributed by atoms with Gasteiger partial charge in [0.1, 0.15) is 5.75 Å². The minimum absolute atomic E-state index is 0.0316. The number of carbonyl (C=O) groups is 1. The second-order valence-electron chi connectivity index (χ2n) is 4.74. The molecule has 2 rings (SSSR count). The summed E-state index contributed by atoms with van der Waals surface area (Å²) in [6.45, 7) is -0.355. The molecule has 9 heteroatoms. The first-order valence-electron chi connectivity index (χ1n) is 6.95. The zero-order valence-corrected chi connectivity index (χ0v) is 15.3. The van der Waals surface area contributed by atoms with E-state index >= 15 is 0 Å². The van der Waals surface area contributed by atoms with Crippen LogP contribution in [0.25, 0.3) is 0 Å². The molecule has 2 aromatic carbocycles. The smallest absolute Gasteiger partial charge is 0.265 e. The van der Waals surface area contributed by atoms with Crippen LogP contribution in [0.15, 0.2) is 41.6 Å². The predicted octanol–water partition coefficient (Wildman–Crippen LogP) is 3.93. The number of amidine groups is 1. The van der Waals surface area contributed by atoms with Crippen LogP contribution in [0.4, 0.5) is 5.69 Å². The number of halogens is 3. The maximum absolute atomic E-state index is 11.9. The third-order valence-electron chi connectivity index (χ3n) is 3.01. The van der Waals surface area contributed by atoms with Crippen LogP contribution >= 0.6 is 34.8 Å². The third kappa shape index (κ3) is 5.16. The van der Waals surface area contributed by atoms with E-state index in [1.807, 2.05) is 0 Å². The summed E-state index contributed by atoms with van der Waals surface area (Å²) in [7, 11) is 1.50. The molecule has 0 spiro atoms. The van der Waals surface area contributed by atoms with E-state index in [0.29, 0.717) is 32.1 Å². The summed E-state index contributed by atoms with van der Waals surface area (Å²) in [6, 6.07) is 9.74. The Kier molecular flexibility index (Phi) is 6.75. The van der Waals surface area contributed by atoms with Crippen molar-refractivity contribution in [1.29, 1.82) is 0 Å². The van der Waals surface area contributed by atoms with Crippen molar-refractivity contribution >= 4 is 52.2 Å². The second kappa shape index (κ2) is 8.80. The van der Waals surface area contributed by atoms with E-state index in [2.05, 4.69) is 10.5 Å². The van der Waals surface area contributed by atoms with Crippen LogP contribution in [-0.4, -0.2) is 25.5 Å². The summed E-state index contributed by atoms with van der Waals surface area (Å²) < 4.78 is 5.03. The lowest BCUT2D eigenvalue weighted by molar-refractivity contribution is -0.120. The quantitative estimate of drug-likeness (QED) is 0.435. The van der Waals surface area contributed by atoms with Crippen molar-refractivity contribution in [3.05, 3.63) is 57.0 Å². The maximum Gasteiger partial charge on any atom is 0.265 e. The Morgan fingerprint density at radius 3 is 2.44 bits per heavy atom. The van der Waals surface area contributed by atoms with Crippen LogP contribution in [0, 0.1) is 0 Å². The summed E-state index contributed by atoms with van der Waals surface area (Å²) >= 11 is 18.0. The molecule has 132 valence electrons. The molecule has 25 heavy (non-hydrogen) atoms. The Morgan fingerprint density at radius 1 is 1.16 bits per heavy atom. The van der Waals surface area contributed by atoms with Crippen LogP contribution in [0.3, 0.4) is 0 Å². The van der Waals surface area contributed by atoms with Gasteiger partial charge in [0.25, 0.3) is 5.91 Å². The van der Waals surface area contributed by atoms with E-state index in [9.17, 15) is 4.79 Å². The highest BCUT2D eigenvalue weighted by Crippen LogP contribution is 2.27. The molecule has 0 bridgehead atoms. The first-order chi connectivity index (χ1) is 11.9. The van der Waals surface area contributed by atoms with Gasteiger partial charge >= 0.3 is 0 Å². The lowest BCUT2D eigenvalue weighted by atomic mass is 10.2. The standard InChI is InChI=1S/C16H14Cl3N3O3/c1-24-13-6-5-9(7-12(13)19)21-14(23)8-25-22-16(20)15-10(17)3-2-4-11(15)18/h2-7H,8H2,1H3,(H2,20,22)(H,21,23). The van der Waals surface area contributed by atoms with Gasteiger partial charge in [-0.1, -0.05) is 46.0 Å². The number of ether oxygens (including phenoxy) is 1. The van der Waals surface area contributed by atoms with Gasteiger partial charge in [0, 0.05) is 5.69 Å². The Balaban J connectivity index is 1.95. The van der Waals surface area contributed by atoms with Crippen LogP contribution in [0.5, 0.6) is 5.75 Å². The number of nitrogens with two attached hydrogens (primary N) is 1. The molecular formula is C16H14Cl3N3O3. The molecule has 6 nitrogen and oxygen atoms in total. The van der Waals surface area contributed by atoms with Gasteiger partial charge in [0.2, 0.25) is 0 Å². The SMILES string of the molecule is COc1ccc(NC(=O)CO/N=C(\N)c2c(Cl)cccc2Cl)cc1Cl. The van der Waals surface area contributed by atoms with Gasteiger partial charge in [0.15, 0.2) is 12.4 Å². The molecule has 0 atom stereocenters. The van der Waals surface area contributed by atoms with Crippen molar-refractivity contribution in [2.75, 3.05) is 19.0 Å². The molecule has 0 unspecified atom stereocenters. The summed E-state index contributed by atoms with van der Waals surface area (Å²) in [5.41, 5.74) is 6.61. The summed E-state index contributed by atoms with van der Waals surface area (Å²) in [5.74, 6) is 0.0313. The van der Waals surface area contributed by atoms with Crippen LogP contribution in [0.2, 0.25) is 15.1 Å². The van der Waals surface area contributed by atoms with E-state index in [-0.39, 0.29) is 12.4 Å². The number of anilines is 1. The van der Waals surface area contributed by atoms with Gasteiger partial charge in [-0.2, -0.15) is 0 Å². The molecule has 0 fully saturated rings. The molecule has 0 heterocycles. The van der Waals surface area contributed by atoms with Crippen LogP contribution in [-0.2, 0) is 9.63 Å². The minimum Gasteiger partial charge on any atom is -0.495 e. The van der Waals surface area contributed by atoms with Crippen molar-refractivity contribution in [3.63, 3.8) is 0 Å². The topological polar surface area (TPSA) is 85.9 Å². The molecule has 0 aliphatic heterocycles. The largest absolute Gasteiger partial charge is 0.495 e. The number of amides is 1. The number of nitrogens with one attached hydrogen (secondary N) is 1. The van der Waals surface area contributed by atoms with E-state index in [0.717, 1.165) is 0 Å². The van der Waals surface area contributed by atoms with Crippen molar-refractivity contribution in [3.8, 4) is 5.75 Å². The van der Waals surface area contributed by atoms with E-state index < -0.39 is 5.91 Å². The molecule has 0 aromatic heterocycles. The average molecular weight is 403 g/mol. The first kappa shape index (κ1) is 19.2. The van der Waals surface area contributed by atoms with Gasteiger partial charge in [-0.15, -0.1) is 0 Å². The Labute approximate surface area is 159 Å². The van der Waals surface area contributed by atoms with Crippen molar-refractivity contribution in [2.24, 2.45) is 10.9 Å². The number of carbonyl (C=O) groups excluding carboxylic acids is 1. The number of nitrogens with zero attached hydrogens (tertiary/aromatic N) is 1. The Morgan fingerprint density at radius 2 is 1.84 bits per heavy atom. The number of hydrogen-bond acceptors (Lipinski definition) is 4. The van der Waals surface area contributed by atoms with Gasteiger partial charge in [-0.05, 0) is 30.3 Å². The highest BCUT2D eigenvalue weighted by Gasteiger charge is 2.11. The van der Waals surface area contributed by atoms with Crippen molar-refractivity contribution in [1.82, 2.24) is 0 Å². The molecule has 3 N–H and O–H groups in total. The summed E-state index contributed by atoms with van der Waals surface area (Å²) in [5, 5.41) is 7.29. The van der Waals surface area contributed by atoms with E-state index in [4.69, 9.17) is 50.1 Å². The lowest BCUT2D eigenvalue weighted by Crippen LogP contribution is -2.20. The molecule has 0 saturated heterocycles. The third-order valence-corrected chi connectivity index (χ3v) is 3.94. The van der Waals surface area contributed by atoms with Gasteiger partial charge in [0.05, 0.1) is 27.7 Å². The number of oxime groups is 1. The number of hydrogen-bond donors (Lipinski definition) is 2. The highest BCUT2D eigenvalue weighted by molar-refractivity contribution is 6.39. The minimum atomic E-state index is -0.442. The second-order valence-corrected chi connectivity index (χ2v) is 5.97. The molecule has 0 saturated carbocycles. The van der Waals surface area contributed by atoms with Gasteiger partial charge < -0.3 is 20.6 Å². The molecule has 0 aliphatic carbocycles. The molecule has 1 amide bonds. The molecule has 0 aliphatic rings. The Bertz CT molecular complexity index is 792. The van der Waals surface area contributed by atoms with Crippen molar-refractivity contribution in [2.45, 2.75) is 0 Å². The fourth-order valence-electron chi connectivity index (χ4n) is 1.89. The number of rotatable bonds is 6. The molecular weight excluding hydrogens is 389 g/mol. The summed E-state index contributed by atoms with van der Waals surface area (Å²) in [4.78, 5) is 16.8. The zero-order chi connectivity index (χ0) is 18.4. The number of benzene rings is 2. The first-order valence-corrected chi connectivity index (χ1v) is 8.09. The van der Waals surface area contributed by atoms with Gasteiger partial charge in [-0.25, -0.2) is 0 Å². The highest BCUT2D eigenvalue weighted by atomic mass is 35.5. The van der Waals surface area contributed by atoms with Crippen molar-refractivity contribution < 1.29 is 14.4 Å². The molecule has 2 aromatic rings. The van der Waals surface area contributed by atoms with Gasteiger partial charge in [-0.3, -0.25) is 4.79 Å². The summed E-state index contributed by atoms with van der Waals surface area (Å²) in [6.07, 6.45) is 0. The molecule has 0 radical (unpaired) electrons. The normalized spacial score (nSPS) is 11.1.